The second-order valence-electron chi connectivity index (χ2n) is 4.73. The highest BCUT2D eigenvalue weighted by Gasteiger charge is 2.23. The first-order valence-electron chi connectivity index (χ1n) is 6.72. The summed E-state index contributed by atoms with van der Waals surface area (Å²) >= 11 is 0. The number of hydrogen-bond acceptors (Lipinski definition) is 4. The van der Waals surface area contributed by atoms with Crippen molar-refractivity contribution in [3.8, 4) is 0 Å². The zero-order chi connectivity index (χ0) is 14.7. The van der Waals surface area contributed by atoms with Crippen LogP contribution in [-0.2, 0) is 14.3 Å². The molecule has 0 rings (SSSR count). The van der Waals surface area contributed by atoms with Gasteiger partial charge >= 0.3 is 12.1 Å². The van der Waals surface area contributed by atoms with Crippen LogP contribution in [0.1, 0.15) is 40.0 Å². The zero-order valence-electron chi connectivity index (χ0n) is 12.1. The molecule has 0 radical (unpaired) electrons. The van der Waals surface area contributed by atoms with Gasteiger partial charge in [-0.05, 0) is 18.8 Å². The predicted octanol–water partition coefficient (Wildman–Crippen LogP) is 2.66. The molecule has 1 atom stereocenters. The first-order valence-corrected chi connectivity index (χ1v) is 6.72. The summed E-state index contributed by atoms with van der Waals surface area (Å²) in [7, 11) is 0. The van der Waals surface area contributed by atoms with Gasteiger partial charge in [-0.3, -0.25) is 0 Å². The first kappa shape index (κ1) is 17.5. The summed E-state index contributed by atoms with van der Waals surface area (Å²) in [6, 6.07) is -0.658. The Hall–Kier alpha value is -1.52. The number of hydrogen-bond donors (Lipinski definition) is 1. The second kappa shape index (κ2) is 10.4. The molecule has 0 aromatic carbocycles. The summed E-state index contributed by atoms with van der Waals surface area (Å²) in [5.74, 6) is -0.138. The van der Waals surface area contributed by atoms with E-state index in [4.69, 9.17) is 9.47 Å². The Morgan fingerprint density at radius 1 is 1.32 bits per heavy atom. The fraction of sp³-hybridized carbons (Fsp3) is 0.714. The van der Waals surface area contributed by atoms with Crippen LogP contribution in [0, 0.1) is 5.92 Å². The van der Waals surface area contributed by atoms with Gasteiger partial charge in [0.2, 0.25) is 0 Å². The van der Waals surface area contributed by atoms with Crippen molar-refractivity contribution in [2.45, 2.75) is 46.1 Å². The van der Waals surface area contributed by atoms with Gasteiger partial charge in [0.05, 0.1) is 6.61 Å². The van der Waals surface area contributed by atoms with Crippen molar-refractivity contribution in [2.75, 3.05) is 13.2 Å². The molecule has 0 saturated carbocycles. The zero-order valence-corrected chi connectivity index (χ0v) is 12.1. The number of carbonyl (C=O) groups is 2. The number of ether oxygens (including phenoxy) is 2. The highest BCUT2D eigenvalue weighted by Crippen LogP contribution is 2.07. The van der Waals surface area contributed by atoms with Gasteiger partial charge in [-0.2, -0.15) is 0 Å². The Bertz CT molecular complexity index is 289. The minimum atomic E-state index is -0.658. The molecule has 0 aromatic heterocycles. The van der Waals surface area contributed by atoms with Gasteiger partial charge in [0.15, 0.2) is 0 Å². The summed E-state index contributed by atoms with van der Waals surface area (Å²) in [5, 5.41) is 2.53. The van der Waals surface area contributed by atoms with E-state index in [0.29, 0.717) is 13.0 Å². The molecule has 0 fully saturated rings. The van der Waals surface area contributed by atoms with E-state index in [1.807, 2.05) is 20.8 Å². The lowest BCUT2D eigenvalue weighted by Crippen LogP contribution is -2.43. The molecule has 1 amide bonds. The van der Waals surface area contributed by atoms with Crippen LogP contribution >= 0.6 is 0 Å². The maximum Gasteiger partial charge on any atom is 0.408 e. The minimum Gasteiger partial charge on any atom is -0.464 e. The Morgan fingerprint density at radius 3 is 2.53 bits per heavy atom. The van der Waals surface area contributed by atoms with Crippen molar-refractivity contribution in [1.82, 2.24) is 5.32 Å². The van der Waals surface area contributed by atoms with Gasteiger partial charge < -0.3 is 14.8 Å². The summed E-state index contributed by atoms with van der Waals surface area (Å²) in [6.07, 6.45) is 3.14. The topological polar surface area (TPSA) is 64.6 Å². The molecule has 0 saturated heterocycles. The normalized spacial score (nSPS) is 11.8. The second-order valence-corrected chi connectivity index (χ2v) is 4.73. The summed E-state index contributed by atoms with van der Waals surface area (Å²) < 4.78 is 9.92. The van der Waals surface area contributed by atoms with Crippen LogP contribution in [-0.4, -0.2) is 31.3 Å². The monoisotopic (exact) mass is 271 g/mol. The van der Waals surface area contributed by atoms with Crippen LogP contribution in [0.15, 0.2) is 12.7 Å². The Morgan fingerprint density at radius 2 is 2.00 bits per heavy atom. The van der Waals surface area contributed by atoms with Crippen molar-refractivity contribution in [3.63, 3.8) is 0 Å². The minimum absolute atomic E-state index is 0.116. The predicted molar refractivity (Wildman–Crippen MR) is 73.8 cm³/mol. The number of alkyl carbamates (subject to hydrolysis) is 1. The molecule has 0 aliphatic heterocycles. The molecular formula is C14H25NO4. The van der Waals surface area contributed by atoms with Crippen LogP contribution in [0.5, 0.6) is 0 Å². The third kappa shape index (κ3) is 9.11. The molecule has 0 spiro atoms. The van der Waals surface area contributed by atoms with E-state index < -0.39 is 18.1 Å². The van der Waals surface area contributed by atoms with Crippen molar-refractivity contribution >= 4 is 12.1 Å². The van der Waals surface area contributed by atoms with Crippen LogP contribution in [0.4, 0.5) is 4.79 Å². The van der Waals surface area contributed by atoms with Crippen molar-refractivity contribution in [1.29, 1.82) is 0 Å². The van der Waals surface area contributed by atoms with E-state index in [1.54, 1.807) is 0 Å². The number of rotatable bonds is 9. The molecule has 1 N–H and O–H groups in total. The Balaban J connectivity index is 4.31. The van der Waals surface area contributed by atoms with Crippen molar-refractivity contribution in [2.24, 2.45) is 5.92 Å². The summed E-state index contributed by atoms with van der Waals surface area (Å²) in [4.78, 5) is 23.3. The highest BCUT2D eigenvalue weighted by atomic mass is 16.6. The van der Waals surface area contributed by atoms with Crippen LogP contribution in [0.2, 0.25) is 0 Å². The molecule has 0 aliphatic carbocycles. The maximum absolute atomic E-state index is 11.9. The van der Waals surface area contributed by atoms with Crippen molar-refractivity contribution in [3.05, 3.63) is 12.7 Å². The maximum atomic E-state index is 11.9. The van der Waals surface area contributed by atoms with Crippen LogP contribution in [0.25, 0.3) is 0 Å². The molecule has 0 aliphatic rings. The van der Waals surface area contributed by atoms with E-state index in [9.17, 15) is 9.59 Å². The number of esters is 1. The quantitative estimate of drug-likeness (QED) is 0.398. The Kier molecular flexibility index (Phi) is 9.57. The van der Waals surface area contributed by atoms with Crippen LogP contribution in [0.3, 0.4) is 0 Å². The van der Waals surface area contributed by atoms with E-state index in [2.05, 4.69) is 11.9 Å². The third-order valence-corrected chi connectivity index (χ3v) is 2.36. The molecular weight excluding hydrogens is 246 g/mol. The molecule has 1 unspecified atom stereocenters. The molecule has 0 aromatic rings. The third-order valence-electron chi connectivity index (χ3n) is 2.36. The van der Waals surface area contributed by atoms with Crippen molar-refractivity contribution < 1.29 is 19.1 Å². The number of unbranched alkanes of at least 4 members (excludes halogenated alkanes) is 1. The van der Waals surface area contributed by atoms with Gasteiger partial charge in [0, 0.05) is 0 Å². The molecule has 0 bridgehead atoms. The standard InChI is InChI=1S/C14H25NO4/c1-5-7-9-18-13(16)12(10-11(3)4)15-14(17)19-8-6-2/h6,11-12H,2,5,7-10H2,1,3-4H3,(H,15,17). The van der Waals surface area contributed by atoms with Gasteiger partial charge in [0.1, 0.15) is 12.6 Å². The van der Waals surface area contributed by atoms with E-state index in [-0.39, 0.29) is 12.5 Å². The SMILES string of the molecule is C=CCOC(=O)NC(CC(C)C)C(=O)OCCCC. The van der Waals surface area contributed by atoms with E-state index in [0.717, 1.165) is 12.8 Å². The van der Waals surface area contributed by atoms with Gasteiger partial charge in [-0.25, -0.2) is 9.59 Å². The molecule has 110 valence electrons. The summed E-state index contributed by atoms with van der Waals surface area (Å²) in [5.41, 5.74) is 0. The van der Waals surface area contributed by atoms with Crippen LogP contribution < -0.4 is 5.32 Å². The average Bonchev–Trinajstić information content (AvgIpc) is 2.35. The van der Waals surface area contributed by atoms with Gasteiger partial charge in [-0.15, -0.1) is 0 Å². The number of amides is 1. The molecule has 19 heavy (non-hydrogen) atoms. The Labute approximate surface area is 115 Å². The number of carbonyl (C=O) groups excluding carboxylic acids is 2. The average molecular weight is 271 g/mol. The lowest BCUT2D eigenvalue weighted by molar-refractivity contribution is -0.146. The number of nitrogens with one attached hydrogen (secondary N) is 1. The highest BCUT2D eigenvalue weighted by molar-refractivity contribution is 5.81. The summed E-state index contributed by atoms with van der Waals surface area (Å²) in [6.45, 7) is 9.92. The van der Waals surface area contributed by atoms with Gasteiger partial charge in [0.25, 0.3) is 0 Å². The molecule has 5 heteroatoms. The van der Waals surface area contributed by atoms with E-state index >= 15 is 0 Å². The lowest BCUT2D eigenvalue weighted by Gasteiger charge is -2.18. The first-order chi connectivity index (χ1) is 9.01. The fourth-order valence-electron chi connectivity index (χ4n) is 1.42. The molecule has 0 heterocycles. The largest absolute Gasteiger partial charge is 0.464 e. The smallest absolute Gasteiger partial charge is 0.408 e. The molecule has 5 nitrogen and oxygen atoms in total. The van der Waals surface area contributed by atoms with E-state index in [1.165, 1.54) is 6.08 Å². The fourth-order valence-corrected chi connectivity index (χ4v) is 1.42. The lowest BCUT2D eigenvalue weighted by atomic mass is 10.0. The van der Waals surface area contributed by atoms with Gasteiger partial charge in [-0.1, -0.05) is 39.8 Å².